The Morgan fingerprint density at radius 3 is 2.75 bits per heavy atom. The Labute approximate surface area is 144 Å². The maximum absolute atomic E-state index is 12.3. The molecule has 24 heavy (non-hydrogen) atoms. The first-order chi connectivity index (χ1) is 11.4. The summed E-state index contributed by atoms with van der Waals surface area (Å²) in [6.45, 7) is 0.501. The number of amides is 1. The topological polar surface area (TPSA) is 81.1 Å². The van der Waals surface area contributed by atoms with E-state index in [0.717, 1.165) is 16.6 Å². The van der Waals surface area contributed by atoms with Crippen LogP contribution in [-0.4, -0.2) is 30.1 Å². The van der Waals surface area contributed by atoms with Crippen LogP contribution in [0.5, 0.6) is 0 Å². The molecule has 2 aromatic heterocycles. The van der Waals surface area contributed by atoms with E-state index in [1.165, 1.54) is 0 Å². The molecule has 0 aliphatic heterocycles. The molecule has 0 aliphatic carbocycles. The molecule has 2 heterocycles. The molecule has 0 saturated carbocycles. The van der Waals surface area contributed by atoms with Gasteiger partial charge in [0.2, 0.25) is 5.91 Å². The minimum atomic E-state index is -3.24. The largest absolute Gasteiger partial charge is 0.350 e. The molecule has 0 aliphatic rings. The number of rotatable bonds is 6. The predicted octanol–water partition coefficient (Wildman–Crippen LogP) is 1.96. The Hall–Kier alpha value is -2.19. The van der Waals surface area contributed by atoms with Gasteiger partial charge >= 0.3 is 0 Å². The zero-order valence-corrected chi connectivity index (χ0v) is 14.7. The lowest BCUT2D eigenvalue weighted by atomic mass is 10.3. The van der Waals surface area contributed by atoms with Crippen LogP contribution in [0.2, 0.25) is 0 Å². The van der Waals surface area contributed by atoms with Crippen molar-refractivity contribution in [2.75, 3.05) is 6.26 Å². The van der Waals surface area contributed by atoms with Gasteiger partial charge in [-0.1, -0.05) is 18.2 Å². The quantitative estimate of drug-likeness (QED) is 0.726. The second-order valence-corrected chi connectivity index (χ2v) is 8.70. The van der Waals surface area contributed by atoms with Crippen LogP contribution >= 0.6 is 11.3 Å². The Bertz CT molecular complexity index is 960. The van der Waals surface area contributed by atoms with E-state index in [4.69, 9.17) is 0 Å². The number of nitrogens with one attached hydrogen (secondary N) is 1. The predicted molar refractivity (Wildman–Crippen MR) is 94.4 cm³/mol. The van der Waals surface area contributed by atoms with Crippen molar-refractivity contribution < 1.29 is 13.2 Å². The molecule has 0 bridgehead atoms. The molecule has 3 aromatic rings. The van der Waals surface area contributed by atoms with E-state index < -0.39 is 9.84 Å². The highest BCUT2D eigenvalue weighted by molar-refractivity contribution is 7.89. The normalized spacial score (nSPS) is 11.7. The van der Waals surface area contributed by atoms with Crippen molar-refractivity contribution in [3.05, 3.63) is 52.5 Å². The summed E-state index contributed by atoms with van der Waals surface area (Å²) in [5, 5.41) is 4.80. The number of nitrogens with zero attached hydrogens (tertiary/aromatic N) is 2. The first-order valence-electron chi connectivity index (χ1n) is 7.33. The van der Waals surface area contributed by atoms with Gasteiger partial charge in [-0.25, -0.2) is 13.4 Å². The number of fused-ring (bicyclic) bond motifs is 1. The summed E-state index contributed by atoms with van der Waals surface area (Å²) < 4.78 is 25.0. The van der Waals surface area contributed by atoms with Gasteiger partial charge in [0.25, 0.3) is 0 Å². The maximum Gasteiger partial charge on any atom is 0.240 e. The van der Waals surface area contributed by atoms with Crippen LogP contribution in [0.15, 0.2) is 41.8 Å². The fourth-order valence-corrected chi connectivity index (χ4v) is 3.78. The number of thiophene rings is 1. The number of benzene rings is 1. The third-order valence-corrected chi connectivity index (χ3v) is 5.13. The van der Waals surface area contributed by atoms with E-state index >= 15 is 0 Å². The minimum absolute atomic E-state index is 0.0384. The van der Waals surface area contributed by atoms with Gasteiger partial charge in [-0.15, -0.1) is 11.3 Å². The summed E-state index contributed by atoms with van der Waals surface area (Å²) >= 11 is 1.57. The van der Waals surface area contributed by atoms with Crippen LogP contribution in [0.1, 0.15) is 10.7 Å². The zero-order chi connectivity index (χ0) is 17.2. The smallest absolute Gasteiger partial charge is 0.240 e. The molecule has 0 unspecified atom stereocenters. The molecular weight excluding hydrogens is 346 g/mol. The van der Waals surface area contributed by atoms with Gasteiger partial charge in [-0.3, -0.25) is 4.79 Å². The van der Waals surface area contributed by atoms with Crippen molar-refractivity contribution in [3.63, 3.8) is 0 Å². The lowest BCUT2D eigenvalue weighted by Gasteiger charge is -2.09. The Morgan fingerprint density at radius 2 is 2.04 bits per heavy atom. The van der Waals surface area contributed by atoms with Gasteiger partial charge < -0.3 is 9.88 Å². The van der Waals surface area contributed by atoms with Gasteiger partial charge in [0.05, 0.1) is 17.6 Å². The summed E-state index contributed by atoms with van der Waals surface area (Å²) in [6, 6.07) is 11.2. The van der Waals surface area contributed by atoms with Gasteiger partial charge in [-0.2, -0.15) is 0 Å². The Balaban J connectivity index is 1.83. The number of hydrogen-bond donors (Lipinski definition) is 1. The number of carbonyl (C=O) groups excluding carboxylic acids is 1. The summed E-state index contributed by atoms with van der Waals surface area (Å²) in [5.74, 6) is 0.00570. The molecule has 0 spiro atoms. The van der Waals surface area contributed by atoms with Crippen molar-refractivity contribution in [2.24, 2.45) is 0 Å². The lowest BCUT2D eigenvalue weighted by molar-refractivity contribution is -0.121. The Morgan fingerprint density at radius 1 is 1.25 bits per heavy atom. The molecule has 6 nitrogen and oxygen atoms in total. The molecule has 8 heteroatoms. The van der Waals surface area contributed by atoms with E-state index in [1.807, 2.05) is 35.7 Å². The lowest BCUT2D eigenvalue weighted by Crippen LogP contribution is -2.27. The van der Waals surface area contributed by atoms with Crippen LogP contribution in [-0.2, 0) is 33.5 Å². The summed E-state index contributed by atoms with van der Waals surface area (Å²) in [7, 11) is -3.24. The second kappa shape index (κ2) is 6.74. The third kappa shape index (κ3) is 4.01. The molecule has 126 valence electrons. The molecule has 0 fully saturated rings. The molecule has 1 aromatic carbocycles. The van der Waals surface area contributed by atoms with Crippen molar-refractivity contribution in [1.29, 1.82) is 0 Å². The van der Waals surface area contributed by atoms with Crippen LogP contribution in [0.4, 0.5) is 0 Å². The fourth-order valence-electron chi connectivity index (χ4n) is 2.44. The molecule has 1 N–H and O–H groups in total. The summed E-state index contributed by atoms with van der Waals surface area (Å²) in [5.41, 5.74) is 1.43. The molecule has 1 amide bonds. The molecule has 0 radical (unpaired) electrons. The zero-order valence-electron chi connectivity index (χ0n) is 13.1. The van der Waals surface area contributed by atoms with E-state index in [0.29, 0.717) is 17.9 Å². The highest BCUT2D eigenvalue weighted by Crippen LogP contribution is 2.17. The second-order valence-electron chi connectivity index (χ2n) is 5.53. The fraction of sp³-hybridized carbons (Fsp3) is 0.250. The van der Waals surface area contributed by atoms with E-state index in [2.05, 4.69) is 10.3 Å². The number of hydrogen-bond acceptors (Lipinski definition) is 5. The van der Waals surface area contributed by atoms with Crippen LogP contribution < -0.4 is 5.32 Å². The van der Waals surface area contributed by atoms with Crippen LogP contribution in [0.3, 0.4) is 0 Å². The van der Waals surface area contributed by atoms with E-state index in [-0.39, 0.29) is 18.2 Å². The molecule has 0 atom stereocenters. The summed E-state index contributed by atoms with van der Waals surface area (Å²) in [4.78, 5) is 17.7. The number of aromatic nitrogens is 2. The maximum atomic E-state index is 12.3. The first-order valence-corrected chi connectivity index (χ1v) is 10.3. The third-order valence-electron chi connectivity index (χ3n) is 3.47. The van der Waals surface area contributed by atoms with E-state index in [9.17, 15) is 13.2 Å². The first kappa shape index (κ1) is 16.7. The highest BCUT2D eigenvalue weighted by atomic mass is 32.2. The molecule has 3 rings (SSSR count). The average molecular weight is 363 g/mol. The SMILES string of the molecule is CS(=O)(=O)Cc1nc2ccccc2n1CC(=O)NCc1cccs1. The van der Waals surface area contributed by atoms with Gasteiger partial charge in [0, 0.05) is 11.1 Å². The van der Waals surface area contributed by atoms with Crippen molar-refractivity contribution in [3.8, 4) is 0 Å². The van der Waals surface area contributed by atoms with Crippen molar-refractivity contribution in [1.82, 2.24) is 14.9 Å². The number of para-hydroxylation sites is 2. The number of imidazole rings is 1. The minimum Gasteiger partial charge on any atom is -0.350 e. The number of sulfone groups is 1. The highest BCUT2D eigenvalue weighted by Gasteiger charge is 2.17. The van der Waals surface area contributed by atoms with E-state index in [1.54, 1.807) is 22.0 Å². The van der Waals surface area contributed by atoms with Crippen LogP contribution in [0.25, 0.3) is 11.0 Å². The van der Waals surface area contributed by atoms with Gasteiger partial charge in [0.15, 0.2) is 9.84 Å². The number of carbonyl (C=O) groups is 1. The van der Waals surface area contributed by atoms with Crippen LogP contribution in [0, 0.1) is 0 Å². The molecular formula is C16H17N3O3S2. The monoisotopic (exact) mass is 363 g/mol. The van der Waals surface area contributed by atoms with Gasteiger partial charge in [0.1, 0.15) is 18.1 Å². The standard InChI is InChI=1S/C16H17N3O3S2/c1-24(21,22)11-15-18-13-6-2-3-7-14(13)19(15)10-16(20)17-9-12-5-4-8-23-12/h2-8H,9-11H2,1H3,(H,17,20). The average Bonchev–Trinajstić information content (AvgIpc) is 3.13. The van der Waals surface area contributed by atoms with Gasteiger partial charge in [-0.05, 0) is 23.6 Å². The Kier molecular flexibility index (Phi) is 4.68. The summed E-state index contributed by atoms with van der Waals surface area (Å²) in [6.07, 6.45) is 1.16. The van der Waals surface area contributed by atoms with Crippen molar-refractivity contribution in [2.45, 2.75) is 18.8 Å². The van der Waals surface area contributed by atoms with Crippen molar-refractivity contribution >= 4 is 38.1 Å². The molecule has 0 saturated heterocycles.